The van der Waals surface area contributed by atoms with Gasteiger partial charge in [0.1, 0.15) is 12.4 Å². The molecule has 0 aromatic carbocycles. The van der Waals surface area contributed by atoms with Gasteiger partial charge >= 0.3 is 0 Å². The molecule has 0 aliphatic heterocycles. The zero-order valence-corrected chi connectivity index (χ0v) is 11.2. The lowest BCUT2D eigenvalue weighted by Gasteiger charge is -1.81. The van der Waals surface area contributed by atoms with E-state index < -0.39 is 0 Å². The standard InChI is InChI=1S/C6H11N2.Al.2BrH/c1-3-8-5-4-7(2)6-8;;;/h4-6H,3H2,1-2H3;;2*1H/q+1;;;/p-1. The third kappa shape index (κ3) is 5.92. The van der Waals surface area contributed by atoms with Gasteiger partial charge in [0, 0.05) is 17.4 Å². The van der Waals surface area contributed by atoms with Gasteiger partial charge in [-0.1, -0.05) is 0 Å². The summed E-state index contributed by atoms with van der Waals surface area (Å²) in [6, 6.07) is 0. The Labute approximate surface area is 99.3 Å². The maximum absolute atomic E-state index is 2.12. The van der Waals surface area contributed by atoms with Gasteiger partial charge in [0.15, 0.2) is 0 Å². The van der Waals surface area contributed by atoms with E-state index in [0.29, 0.717) is 0 Å². The van der Waals surface area contributed by atoms with Crippen molar-refractivity contribution in [1.82, 2.24) is 4.57 Å². The van der Waals surface area contributed by atoms with E-state index in [2.05, 4.69) is 24.0 Å². The van der Waals surface area contributed by atoms with Gasteiger partial charge in [0.05, 0.1) is 13.6 Å². The molecule has 1 aromatic rings. The first-order chi connectivity index (χ1) is 3.83. The Balaban J connectivity index is -0.000000213. The molecular formula is C6H12AlBr2N2. The minimum absolute atomic E-state index is 0. The molecule has 0 unspecified atom stereocenters. The Bertz CT molecular complexity index is 179. The van der Waals surface area contributed by atoms with E-state index >= 15 is 0 Å². The zero-order chi connectivity index (χ0) is 5.98. The van der Waals surface area contributed by atoms with E-state index in [1.165, 1.54) is 0 Å². The van der Waals surface area contributed by atoms with Crippen LogP contribution in [0.1, 0.15) is 6.92 Å². The predicted molar refractivity (Wildman–Crippen MR) is 47.4 cm³/mol. The lowest BCUT2D eigenvalue weighted by molar-refractivity contribution is -0.671. The van der Waals surface area contributed by atoms with Gasteiger partial charge in [0.2, 0.25) is 6.33 Å². The molecule has 2 nitrogen and oxygen atoms in total. The maximum Gasteiger partial charge on any atom is 0.243 e. The first-order valence-electron chi connectivity index (χ1n) is 2.84. The van der Waals surface area contributed by atoms with Crippen molar-refractivity contribution in [2.45, 2.75) is 13.5 Å². The van der Waals surface area contributed by atoms with Crippen LogP contribution in [0.15, 0.2) is 18.7 Å². The average molecular weight is 299 g/mol. The molecule has 1 aromatic heterocycles. The van der Waals surface area contributed by atoms with Gasteiger partial charge in [-0.25, -0.2) is 9.13 Å². The molecular weight excluding hydrogens is 287 g/mol. The Morgan fingerprint density at radius 3 is 2.18 bits per heavy atom. The minimum Gasteiger partial charge on any atom is -1.00 e. The molecule has 1 heterocycles. The number of imidazole rings is 1. The second-order valence-electron chi connectivity index (χ2n) is 1.91. The van der Waals surface area contributed by atoms with Gasteiger partial charge in [-0.2, -0.15) is 0 Å². The van der Waals surface area contributed by atoms with Crippen LogP contribution < -0.4 is 21.5 Å². The van der Waals surface area contributed by atoms with Crippen LogP contribution in [-0.4, -0.2) is 21.9 Å². The Morgan fingerprint density at radius 1 is 1.45 bits per heavy atom. The second-order valence-corrected chi connectivity index (χ2v) is 1.91. The quantitative estimate of drug-likeness (QED) is 0.402. The van der Waals surface area contributed by atoms with Crippen molar-refractivity contribution in [3.8, 4) is 0 Å². The van der Waals surface area contributed by atoms with Crippen LogP contribution in [0.5, 0.6) is 0 Å². The smallest absolute Gasteiger partial charge is 0.243 e. The summed E-state index contributed by atoms with van der Waals surface area (Å²) >= 11 is 0. The predicted octanol–water partition coefficient (Wildman–Crippen LogP) is -2.47. The van der Waals surface area contributed by atoms with Gasteiger partial charge in [-0.15, -0.1) is 17.0 Å². The number of aryl methyl sites for hydroxylation is 2. The average Bonchev–Trinajstić information content (AvgIpc) is 2.14. The molecule has 0 aliphatic carbocycles. The fraction of sp³-hybridized carbons (Fsp3) is 0.500. The molecule has 63 valence electrons. The highest BCUT2D eigenvalue weighted by Gasteiger charge is 1.92. The summed E-state index contributed by atoms with van der Waals surface area (Å²) in [5.74, 6) is 0. The van der Waals surface area contributed by atoms with Crippen LogP contribution in [0.25, 0.3) is 0 Å². The van der Waals surface area contributed by atoms with Crippen molar-refractivity contribution >= 4 is 34.3 Å². The zero-order valence-electron chi connectivity index (χ0n) is 6.70. The normalized spacial score (nSPS) is 7.09. The first kappa shape index (κ1) is 17.7. The molecule has 0 bridgehead atoms. The fourth-order valence-electron chi connectivity index (χ4n) is 0.689. The van der Waals surface area contributed by atoms with Crippen LogP contribution in [0, 0.1) is 0 Å². The Morgan fingerprint density at radius 2 is 2.00 bits per heavy atom. The number of hydrogen-bond acceptors (Lipinski definition) is 0. The van der Waals surface area contributed by atoms with E-state index in [1.807, 2.05) is 17.8 Å². The monoisotopic (exact) mass is 297 g/mol. The highest BCUT2D eigenvalue weighted by atomic mass is 79.9. The summed E-state index contributed by atoms with van der Waals surface area (Å²) in [7, 11) is 2.02. The van der Waals surface area contributed by atoms with Crippen molar-refractivity contribution in [3.05, 3.63) is 18.7 Å². The lowest BCUT2D eigenvalue weighted by Crippen LogP contribution is -3.00. The van der Waals surface area contributed by atoms with E-state index in [0.717, 1.165) is 6.54 Å². The van der Waals surface area contributed by atoms with Crippen LogP contribution in [-0.2, 0) is 13.6 Å². The molecule has 0 N–H and O–H groups in total. The third-order valence-corrected chi connectivity index (χ3v) is 1.19. The largest absolute Gasteiger partial charge is 1.00 e. The molecule has 0 aliphatic rings. The molecule has 0 amide bonds. The van der Waals surface area contributed by atoms with Crippen molar-refractivity contribution < 1.29 is 21.5 Å². The number of aromatic nitrogens is 2. The van der Waals surface area contributed by atoms with Gasteiger partial charge < -0.3 is 17.0 Å². The van der Waals surface area contributed by atoms with Crippen molar-refractivity contribution in [2.24, 2.45) is 7.05 Å². The van der Waals surface area contributed by atoms with E-state index in [9.17, 15) is 0 Å². The SMILES string of the molecule is Br.CCn1cc[n+](C)c1.[Al].[Br-]. The highest BCUT2D eigenvalue weighted by molar-refractivity contribution is 8.93. The van der Waals surface area contributed by atoms with Gasteiger partial charge in [-0.3, -0.25) is 0 Å². The van der Waals surface area contributed by atoms with Crippen LogP contribution in [0.3, 0.4) is 0 Å². The topological polar surface area (TPSA) is 8.81 Å². The molecule has 11 heavy (non-hydrogen) atoms. The number of nitrogens with zero attached hydrogens (tertiary/aromatic N) is 2. The van der Waals surface area contributed by atoms with Crippen LogP contribution in [0.4, 0.5) is 0 Å². The Kier molecular flexibility index (Phi) is 14.2. The summed E-state index contributed by atoms with van der Waals surface area (Å²) in [6.45, 7) is 3.18. The summed E-state index contributed by atoms with van der Waals surface area (Å²) in [5.41, 5.74) is 0. The van der Waals surface area contributed by atoms with Crippen LogP contribution >= 0.6 is 17.0 Å². The second kappa shape index (κ2) is 8.80. The van der Waals surface area contributed by atoms with Crippen LogP contribution in [0.2, 0.25) is 0 Å². The number of rotatable bonds is 1. The summed E-state index contributed by atoms with van der Waals surface area (Å²) in [6.07, 6.45) is 6.14. The molecule has 3 radical (unpaired) electrons. The van der Waals surface area contributed by atoms with E-state index in [4.69, 9.17) is 0 Å². The third-order valence-electron chi connectivity index (χ3n) is 1.19. The lowest BCUT2D eigenvalue weighted by atomic mass is 10.7. The molecule has 0 saturated carbocycles. The highest BCUT2D eigenvalue weighted by Crippen LogP contribution is 1.79. The molecule has 0 spiro atoms. The Hall–Kier alpha value is 0.702. The van der Waals surface area contributed by atoms with Crippen molar-refractivity contribution in [1.29, 1.82) is 0 Å². The number of halogens is 2. The van der Waals surface area contributed by atoms with Gasteiger partial charge in [0.25, 0.3) is 0 Å². The van der Waals surface area contributed by atoms with Crippen molar-refractivity contribution in [3.63, 3.8) is 0 Å². The molecule has 5 heteroatoms. The first-order valence-corrected chi connectivity index (χ1v) is 2.84. The van der Waals surface area contributed by atoms with E-state index in [1.54, 1.807) is 0 Å². The minimum atomic E-state index is 0. The molecule has 0 saturated heterocycles. The summed E-state index contributed by atoms with van der Waals surface area (Å²) < 4.78 is 4.16. The van der Waals surface area contributed by atoms with E-state index in [-0.39, 0.29) is 51.3 Å². The molecule has 0 atom stereocenters. The number of hydrogen-bond donors (Lipinski definition) is 0. The van der Waals surface area contributed by atoms with Gasteiger partial charge in [-0.05, 0) is 6.92 Å². The summed E-state index contributed by atoms with van der Waals surface area (Å²) in [4.78, 5) is 0. The maximum atomic E-state index is 2.12. The fourth-order valence-corrected chi connectivity index (χ4v) is 0.689. The van der Waals surface area contributed by atoms with Crippen molar-refractivity contribution in [2.75, 3.05) is 0 Å². The molecule has 0 fully saturated rings. The summed E-state index contributed by atoms with van der Waals surface area (Å²) in [5, 5.41) is 0. The molecule has 1 rings (SSSR count).